The summed E-state index contributed by atoms with van der Waals surface area (Å²) in [5.74, 6) is 0.358. The van der Waals surface area contributed by atoms with E-state index in [2.05, 4.69) is 10.3 Å². The number of fused-ring (bicyclic) bond motifs is 1. The third-order valence-electron chi connectivity index (χ3n) is 4.01. The number of carbonyl (C=O) groups is 1. The molecule has 0 aliphatic carbocycles. The molecule has 148 valence electrons. The average Bonchev–Trinajstić information content (AvgIpc) is 3.08. The number of ether oxygens (including phenoxy) is 2. The van der Waals surface area contributed by atoms with E-state index in [1.165, 1.54) is 45.7 Å². The molecule has 3 rings (SSSR count). The Balaban J connectivity index is 1.92. The SMILES string of the molecule is COc1cccc(C(=O)Nc2nc3ccc(S(=O)(=O)N(C)C)cc3s2)c1OC. The number of thiazole rings is 1. The molecule has 3 aromatic rings. The van der Waals surface area contributed by atoms with Gasteiger partial charge in [0, 0.05) is 14.1 Å². The highest BCUT2D eigenvalue weighted by atomic mass is 32.2. The Morgan fingerprint density at radius 3 is 2.54 bits per heavy atom. The molecule has 0 aliphatic rings. The zero-order valence-electron chi connectivity index (χ0n) is 15.7. The van der Waals surface area contributed by atoms with Crippen molar-refractivity contribution in [3.8, 4) is 11.5 Å². The van der Waals surface area contributed by atoms with Crippen LogP contribution in [0, 0.1) is 0 Å². The maximum Gasteiger partial charge on any atom is 0.261 e. The average molecular weight is 422 g/mol. The number of aromatic nitrogens is 1. The Morgan fingerprint density at radius 2 is 1.89 bits per heavy atom. The van der Waals surface area contributed by atoms with Gasteiger partial charge in [-0.15, -0.1) is 0 Å². The van der Waals surface area contributed by atoms with Gasteiger partial charge in [-0.1, -0.05) is 17.4 Å². The maximum absolute atomic E-state index is 12.7. The van der Waals surface area contributed by atoms with Crippen LogP contribution in [0.15, 0.2) is 41.3 Å². The van der Waals surface area contributed by atoms with Gasteiger partial charge < -0.3 is 9.47 Å². The molecule has 0 atom stereocenters. The molecular weight excluding hydrogens is 402 g/mol. The highest BCUT2D eigenvalue weighted by Gasteiger charge is 2.20. The second-order valence-corrected chi connectivity index (χ2v) is 9.11. The van der Waals surface area contributed by atoms with Gasteiger partial charge in [-0.25, -0.2) is 17.7 Å². The van der Waals surface area contributed by atoms with E-state index >= 15 is 0 Å². The van der Waals surface area contributed by atoms with E-state index in [4.69, 9.17) is 9.47 Å². The molecule has 8 nitrogen and oxygen atoms in total. The van der Waals surface area contributed by atoms with Crippen molar-refractivity contribution in [1.82, 2.24) is 9.29 Å². The molecule has 0 saturated carbocycles. The van der Waals surface area contributed by atoms with Crippen LogP contribution in [0.2, 0.25) is 0 Å². The summed E-state index contributed by atoms with van der Waals surface area (Å²) in [4.78, 5) is 17.2. The quantitative estimate of drug-likeness (QED) is 0.657. The molecule has 0 unspecified atom stereocenters. The summed E-state index contributed by atoms with van der Waals surface area (Å²) < 4.78 is 36.9. The monoisotopic (exact) mass is 421 g/mol. The highest BCUT2D eigenvalue weighted by molar-refractivity contribution is 7.89. The zero-order chi connectivity index (χ0) is 20.5. The number of methoxy groups -OCH3 is 2. The molecule has 0 spiro atoms. The number of carbonyl (C=O) groups excluding carboxylic acids is 1. The molecule has 0 saturated heterocycles. The summed E-state index contributed by atoms with van der Waals surface area (Å²) in [7, 11) is 2.35. The van der Waals surface area contributed by atoms with Crippen LogP contribution in [-0.2, 0) is 10.0 Å². The second-order valence-electron chi connectivity index (χ2n) is 5.93. The molecule has 1 N–H and O–H groups in total. The number of rotatable bonds is 6. The predicted molar refractivity (Wildman–Crippen MR) is 108 cm³/mol. The standard InChI is InChI=1S/C18H19N3O5S2/c1-21(2)28(23,24)11-8-9-13-15(10-11)27-18(19-13)20-17(22)12-6-5-7-14(25-3)16(12)26-4/h5-10H,1-4H3,(H,19,20,22). The van der Waals surface area contributed by atoms with Crippen molar-refractivity contribution in [2.75, 3.05) is 33.6 Å². The van der Waals surface area contributed by atoms with Crippen molar-refractivity contribution in [1.29, 1.82) is 0 Å². The normalized spacial score (nSPS) is 11.6. The Labute approximate surface area is 166 Å². The minimum atomic E-state index is -3.55. The lowest BCUT2D eigenvalue weighted by atomic mass is 10.1. The van der Waals surface area contributed by atoms with Crippen LogP contribution in [0.25, 0.3) is 10.2 Å². The number of hydrogen-bond donors (Lipinski definition) is 1. The molecule has 0 fully saturated rings. The van der Waals surface area contributed by atoms with Gasteiger partial charge in [-0.3, -0.25) is 10.1 Å². The van der Waals surface area contributed by atoms with Gasteiger partial charge in [0.15, 0.2) is 16.6 Å². The molecule has 28 heavy (non-hydrogen) atoms. The van der Waals surface area contributed by atoms with Gasteiger partial charge >= 0.3 is 0 Å². The van der Waals surface area contributed by atoms with E-state index in [1.807, 2.05) is 0 Å². The molecule has 10 heteroatoms. The van der Waals surface area contributed by atoms with Crippen molar-refractivity contribution >= 4 is 42.6 Å². The summed E-state index contributed by atoms with van der Waals surface area (Å²) in [5, 5.41) is 3.08. The van der Waals surface area contributed by atoms with Gasteiger partial charge in [-0.2, -0.15) is 0 Å². The maximum atomic E-state index is 12.7. The van der Waals surface area contributed by atoms with Crippen LogP contribution in [0.1, 0.15) is 10.4 Å². The first-order valence-electron chi connectivity index (χ1n) is 8.13. The fourth-order valence-electron chi connectivity index (χ4n) is 2.56. The van der Waals surface area contributed by atoms with Crippen LogP contribution in [0.4, 0.5) is 5.13 Å². The molecule has 0 radical (unpaired) electrons. The second kappa shape index (κ2) is 7.74. The van der Waals surface area contributed by atoms with Crippen molar-refractivity contribution in [2.45, 2.75) is 4.90 Å². The van der Waals surface area contributed by atoms with Crippen molar-refractivity contribution in [3.63, 3.8) is 0 Å². The first kappa shape index (κ1) is 20.1. The van der Waals surface area contributed by atoms with Gasteiger partial charge in [0.25, 0.3) is 5.91 Å². The van der Waals surface area contributed by atoms with Crippen LogP contribution in [0.3, 0.4) is 0 Å². The van der Waals surface area contributed by atoms with Crippen molar-refractivity contribution < 1.29 is 22.7 Å². The molecule has 1 aromatic heterocycles. The predicted octanol–water partition coefficient (Wildman–Crippen LogP) is 2.82. The van der Waals surface area contributed by atoms with E-state index < -0.39 is 15.9 Å². The lowest BCUT2D eigenvalue weighted by Crippen LogP contribution is -2.22. The lowest BCUT2D eigenvalue weighted by Gasteiger charge is -2.11. The van der Waals surface area contributed by atoms with Gasteiger partial charge in [0.2, 0.25) is 10.0 Å². The van der Waals surface area contributed by atoms with Gasteiger partial charge in [0.05, 0.1) is 34.9 Å². The minimum absolute atomic E-state index is 0.168. The van der Waals surface area contributed by atoms with Crippen LogP contribution >= 0.6 is 11.3 Å². The van der Waals surface area contributed by atoms with Gasteiger partial charge in [-0.05, 0) is 30.3 Å². The molecule has 1 heterocycles. The topological polar surface area (TPSA) is 97.8 Å². The Hall–Kier alpha value is -2.69. The van der Waals surface area contributed by atoms with E-state index in [-0.39, 0.29) is 4.90 Å². The molecule has 1 amide bonds. The largest absolute Gasteiger partial charge is 0.493 e. The van der Waals surface area contributed by atoms with E-state index in [0.717, 1.165) is 4.31 Å². The first-order valence-corrected chi connectivity index (χ1v) is 10.4. The summed E-state index contributed by atoms with van der Waals surface area (Å²) >= 11 is 1.19. The van der Waals surface area contributed by atoms with Crippen molar-refractivity contribution in [3.05, 3.63) is 42.0 Å². The third-order valence-corrected chi connectivity index (χ3v) is 6.75. The zero-order valence-corrected chi connectivity index (χ0v) is 17.3. The van der Waals surface area contributed by atoms with E-state index in [0.29, 0.717) is 32.4 Å². The summed E-state index contributed by atoms with van der Waals surface area (Å²) in [5.41, 5.74) is 0.896. The number of hydrogen-bond acceptors (Lipinski definition) is 7. The molecule has 0 aliphatic heterocycles. The van der Waals surface area contributed by atoms with E-state index in [1.54, 1.807) is 30.3 Å². The van der Waals surface area contributed by atoms with Crippen LogP contribution in [-0.4, -0.2) is 51.9 Å². The molecular formula is C18H19N3O5S2. The fourth-order valence-corrected chi connectivity index (χ4v) is 4.46. The summed E-state index contributed by atoms with van der Waals surface area (Å²) in [6.45, 7) is 0. The number of nitrogens with zero attached hydrogens (tertiary/aromatic N) is 2. The number of para-hydroxylation sites is 1. The molecule has 2 aromatic carbocycles. The van der Waals surface area contributed by atoms with Crippen molar-refractivity contribution in [2.24, 2.45) is 0 Å². The minimum Gasteiger partial charge on any atom is -0.493 e. The molecule has 0 bridgehead atoms. The number of nitrogens with one attached hydrogen (secondary N) is 1. The number of amides is 1. The van der Waals surface area contributed by atoms with Crippen LogP contribution < -0.4 is 14.8 Å². The Morgan fingerprint density at radius 1 is 1.14 bits per heavy atom. The summed E-state index contributed by atoms with van der Waals surface area (Å²) in [6, 6.07) is 9.65. The highest BCUT2D eigenvalue weighted by Crippen LogP contribution is 2.33. The Kier molecular flexibility index (Phi) is 5.54. The smallest absolute Gasteiger partial charge is 0.261 e. The Bertz CT molecular complexity index is 1140. The number of benzene rings is 2. The summed E-state index contributed by atoms with van der Waals surface area (Å²) in [6.07, 6.45) is 0. The number of anilines is 1. The third kappa shape index (κ3) is 3.66. The van der Waals surface area contributed by atoms with Crippen LogP contribution in [0.5, 0.6) is 11.5 Å². The first-order chi connectivity index (χ1) is 13.3. The number of sulfonamides is 1. The fraction of sp³-hybridized carbons (Fsp3) is 0.222. The lowest BCUT2D eigenvalue weighted by molar-refractivity contribution is 0.102. The van der Waals surface area contributed by atoms with Gasteiger partial charge in [0.1, 0.15) is 0 Å². The van der Waals surface area contributed by atoms with E-state index in [9.17, 15) is 13.2 Å².